The van der Waals surface area contributed by atoms with Crippen LogP contribution in [0.3, 0.4) is 0 Å². The lowest BCUT2D eigenvalue weighted by Gasteiger charge is -2.28. The minimum atomic E-state index is -0.538. The number of primary amides is 1. The monoisotopic (exact) mass is 410 g/mol. The average Bonchev–Trinajstić information content (AvgIpc) is 2.75. The Labute approximate surface area is 175 Å². The summed E-state index contributed by atoms with van der Waals surface area (Å²) in [6.07, 6.45) is 5.68. The number of benzene rings is 1. The summed E-state index contributed by atoms with van der Waals surface area (Å²) >= 11 is 0. The summed E-state index contributed by atoms with van der Waals surface area (Å²) in [6.45, 7) is 7.68. The zero-order chi connectivity index (χ0) is 22.2. The normalized spacial score (nSPS) is 15.4. The van der Waals surface area contributed by atoms with Gasteiger partial charge >= 0.3 is 0 Å². The molecule has 1 aromatic carbocycles. The van der Waals surface area contributed by atoms with Crippen molar-refractivity contribution >= 4 is 17.7 Å². The van der Waals surface area contributed by atoms with Crippen molar-refractivity contribution in [3.8, 4) is 0 Å². The van der Waals surface area contributed by atoms with Gasteiger partial charge in [0.25, 0.3) is 0 Å². The number of hydrogen-bond acceptors (Lipinski definition) is 5. The van der Waals surface area contributed by atoms with Crippen molar-refractivity contribution < 1.29 is 13.9 Å². The first-order chi connectivity index (χ1) is 14.0. The lowest BCUT2D eigenvalue weighted by molar-refractivity contribution is -0.114. The average molecular weight is 411 g/mol. The maximum atomic E-state index is 13.9. The molecule has 29 heavy (non-hydrogen) atoms. The molecule has 6 nitrogen and oxygen atoms in total. The Kier molecular flexibility index (Phi) is 14.8. The van der Waals surface area contributed by atoms with E-state index in [9.17, 15) is 9.18 Å². The van der Waals surface area contributed by atoms with Crippen molar-refractivity contribution in [1.82, 2.24) is 5.32 Å². The molecular formula is C22H39FN4O2. The molecule has 7 heteroatoms. The predicted molar refractivity (Wildman–Crippen MR) is 120 cm³/mol. The van der Waals surface area contributed by atoms with E-state index in [-0.39, 0.29) is 11.6 Å². The summed E-state index contributed by atoms with van der Waals surface area (Å²) in [7, 11) is 1.50. The fourth-order valence-corrected chi connectivity index (χ4v) is 3.08. The van der Waals surface area contributed by atoms with Crippen LogP contribution in [-0.4, -0.2) is 38.3 Å². The zero-order valence-electron chi connectivity index (χ0n) is 18.3. The highest BCUT2D eigenvalue weighted by Crippen LogP contribution is 2.22. The van der Waals surface area contributed by atoms with Crippen LogP contribution in [-0.2, 0) is 9.53 Å². The van der Waals surface area contributed by atoms with E-state index in [4.69, 9.17) is 16.2 Å². The molecular weight excluding hydrogens is 371 g/mol. The lowest BCUT2D eigenvalue weighted by Crippen LogP contribution is -2.41. The number of carbonyl (C=O) groups excluding carboxylic acids is 1. The molecule has 0 aliphatic carbocycles. The fourth-order valence-electron chi connectivity index (χ4n) is 3.08. The van der Waals surface area contributed by atoms with Gasteiger partial charge in [-0.3, -0.25) is 4.79 Å². The van der Waals surface area contributed by atoms with Gasteiger partial charge in [0.1, 0.15) is 5.82 Å². The molecule has 1 fully saturated rings. The first-order valence-electron chi connectivity index (χ1n) is 10.5. The van der Waals surface area contributed by atoms with Crippen LogP contribution in [0, 0.1) is 5.82 Å². The van der Waals surface area contributed by atoms with E-state index in [1.807, 2.05) is 13.8 Å². The van der Waals surface area contributed by atoms with Crippen LogP contribution >= 0.6 is 0 Å². The van der Waals surface area contributed by atoms with E-state index >= 15 is 0 Å². The van der Waals surface area contributed by atoms with Gasteiger partial charge in [0.2, 0.25) is 5.91 Å². The summed E-state index contributed by atoms with van der Waals surface area (Å²) in [5.74, 6) is -0.991. The molecule has 0 radical (unpaired) electrons. The zero-order valence-corrected chi connectivity index (χ0v) is 18.3. The number of nitrogens with one attached hydrogen (secondary N) is 1. The molecule has 1 saturated heterocycles. The third-order valence-electron chi connectivity index (χ3n) is 4.67. The smallest absolute Gasteiger partial charge is 0.244 e. The molecule has 0 aromatic heterocycles. The van der Waals surface area contributed by atoms with Gasteiger partial charge in [0.05, 0.1) is 0 Å². The minimum Gasteiger partial charge on any atom is -0.398 e. The second-order valence-electron chi connectivity index (χ2n) is 6.47. The van der Waals surface area contributed by atoms with Crippen LogP contribution < -0.4 is 22.5 Å². The van der Waals surface area contributed by atoms with Crippen molar-refractivity contribution in [3.05, 3.63) is 35.2 Å². The summed E-state index contributed by atoms with van der Waals surface area (Å²) in [4.78, 5) is 11.8. The largest absolute Gasteiger partial charge is 0.398 e. The highest BCUT2D eigenvalue weighted by Gasteiger charge is 2.18. The number of ether oxygens (including phenoxy) is 1. The van der Waals surface area contributed by atoms with Crippen LogP contribution in [0.4, 0.5) is 10.1 Å². The fraction of sp³-hybridized carbons (Fsp3) is 0.591. The molecule has 1 amide bonds. The number of anilines is 1. The van der Waals surface area contributed by atoms with Crippen LogP contribution in [0.25, 0.3) is 6.08 Å². The molecule has 166 valence electrons. The third-order valence-corrected chi connectivity index (χ3v) is 4.67. The molecule has 0 saturated carbocycles. The Balaban J connectivity index is 0.00000184. The van der Waals surface area contributed by atoms with Crippen LogP contribution in [0.15, 0.2) is 23.8 Å². The van der Waals surface area contributed by atoms with Gasteiger partial charge in [-0.2, -0.15) is 0 Å². The van der Waals surface area contributed by atoms with Crippen LogP contribution in [0.5, 0.6) is 0 Å². The molecule has 7 N–H and O–H groups in total. The van der Waals surface area contributed by atoms with Crippen molar-refractivity contribution in [2.75, 3.05) is 26.0 Å². The van der Waals surface area contributed by atoms with E-state index in [0.29, 0.717) is 23.7 Å². The quantitative estimate of drug-likeness (QED) is 0.388. The van der Waals surface area contributed by atoms with E-state index in [0.717, 1.165) is 38.9 Å². The van der Waals surface area contributed by atoms with E-state index in [1.54, 1.807) is 6.07 Å². The maximum Gasteiger partial charge on any atom is 0.244 e. The summed E-state index contributed by atoms with van der Waals surface area (Å²) < 4.78 is 19.3. The standard InChI is InChI=1S/C19H28FN3O2.C2H6.CH5N/c1-2-14(23-15-8-10-25-11-9-15)7-6-13(19(22)24)12-16-17(20)4-3-5-18(16)21;2*1-2/h3-5,12,14-15,23H,2,6-11,21H2,1H3,(H2,22,24);1-2H3;2H2,1H3/b13-12+;;. The SMILES string of the molecule is CC.CCC(CC/C(=C\c1c(N)cccc1F)C(N)=O)NC1CCOCC1.CN. The van der Waals surface area contributed by atoms with Gasteiger partial charge in [-0.05, 0) is 57.4 Å². The molecule has 0 bridgehead atoms. The Hall–Kier alpha value is -1.96. The summed E-state index contributed by atoms with van der Waals surface area (Å²) in [5.41, 5.74) is 16.7. The van der Waals surface area contributed by atoms with Crippen molar-refractivity contribution in [3.63, 3.8) is 0 Å². The van der Waals surface area contributed by atoms with Gasteiger partial charge in [-0.15, -0.1) is 0 Å². The Morgan fingerprint density at radius 2 is 1.93 bits per heavy atom. The third kappa shape index (κ3) is 9.87. The molecule has 1 aromatic rings. The number of carbonyl (C=O) groups is 1. The van der Waals surface area contributed by atoms with E-state index < -0.39 is 11.7 Å². The second kappa shape index (κ2) is 15.9. The molecule has 1 unspecified atom stereocenters. The van der Waals surface area contributed by atoms with E-state index in [1.165, 1.54) is 25.3 Å². The molecule has 0 spiro atoms. The number of nitrogens with two attached hydrogens (primary N) is 3. The Morgan fingerprint density at radius 1 is 1.31 bits per heavy atom. The first kappa shape index (κ1) is 27.0. The molecule has 1 aliphatic heterocycles. The van der Waals surface area contributed by atoms with Crippen molar-refractivity contribution in [2.45, 2.75) is 65.0 Å². The maximum absolute atomic E-state index is 13.9. The highest BCUT2D eigenvalue weighted by atomic mass is 19.1. The topological polar surface area (TPSA) is 116 Å². The van der Waals surface area contributed by atoms with Crippen LogP contribution in [0.2, 0.25) is 0 Å². The Bertz CT molecular complexity index is 597. The molecule has 1 aliphatic rings. The number of amides is 1. The van der Waals surface area contributed by atoms with Crippen molar-refractivity contribution in [2.24, 2.45) is 11.5 Å². The van der Waals surface area contributed by atoms with Crippen molar-refractivity contribution in [1.29, 1.82) is 0 Å². The highest BCUT2D eigenvalue weighted by molar-refractivity contribution is 5.97. The number of halogens is 1. The predicted octanol–water partition coefficient (Wildman–Crippen LogP) is 3.21. The summed E-state index contributed by atoms with van der Waals surface area (Å²) in [5, 5.41) is 3.63. The number of hydrogen-bond donors (Lipinski definition) is 4. The van der Waals surface area contributed by atoms with Gasteiger partial charge in [-0.1, -0.05) is 26.8 Å². The van der Waals surface area contributed by atoms with Gasteiger partial charge < -0.3 is 27.3 Å². The minimum absolute atomic E-state index is 0.224. The number of nitrogen functional groups attached to an aromatic ring is 1. The van der Waals surface area contributed by atoms with Gasteiger partial charge in [0.15, 0.2) is 0 Å². The first-order valence-corrected chi connectivity index (χ1v) is 10.5. The van der Waals surface area contributed by atoms with Crippen LogP contribution in [0.1, 0.15) is 58.4 Å². The summed E-state index contributed by atoms with van der Waals surface area (Å²) in [6, 6.07) is 5.19. The molecule has 2 rings (SSSR count). The second-order valence-corrected chi connectivity index (χ2v) is 6.47. The lowest BCUT2D eigenvalue weighted by atomic mass is 9.98. The number of rotatable bonds is 8. The van der Waals surface area contributed by atoms with Gasteiger partial charge in [0, 0.05) is 42.1 Å². The Morgan fingerprint density at radius 3 is 2.45 bits per heavy atom. The van der Waals surface area contributed by atoms with Gasteiger partial charge in [-0.25, -0.2) is 4.39 Å². The van der Waals surface area contributed by atoms with E-state index in [2.05, 4.69) is 18.0 Å². The molecule has 1 atom stereocenters. The molecule has 1 heterocycles.